The van der Waals surface area contributed by atoms with Gasteiger partial charge in [0, 0.05) is 16.6 Å². The van der Waals surface area contributed by atoms with E-state index < -0.39 is 0 Å². The lowest BCUT2D eigenvalue weighted by atomic mass is 10.1. The van der Waals surface area contributed by atoms with Gasteiger partial charge in [0.1, 0.15) is 0 Å². The molecule has 0 atom stereocenters. The Bertz CT molecular complexity index is 877. The molecule has 104 valence electrons. The molecule has 0 amide bonds. The molecule has 0 saturated carbocycles. The second-order valence-electron chi connectivity index (χ2n) is 4.89. The third kappa shape index (κ3) is 2.13. The Morgan fingerprint density at radius 1 is 1.00 bits per heavy atom. The monoisotopic (exact) mass is 276 g/mol. The van der Waals surface area contributed by atoms with Gasteiger partial charge in [-0.2, -0.15) is 0 Å². The smallest absolute Gasteiger partial charge is 0.192 e. The average Bonchev–Trinajstić information content (AvgIpc) is 2.54. The average molecular weight is 276 g/mol. The first-order chi connectivity index (χ1) is 10.2. The Hall–Kier alpha value is -2.81. The van der Waals surface area contributed by atoms with Crippen molar-refractivity contribution in [1.82, 2.24) is 4.57 Å². The van der Waals surface area contributed by atoms with Gasteiger partial charge in [-0.3, -0.25) is 4.79 Å². The van der Waals surface area contributed by atoms with E-state index in [-0.39, 0.29) is 5.43 Å². The number of hydrogen-bond donors (Lipinski definition) is 1. The Balaban J connectivity index is 2.54. The number of nitrogens with two attached hydrogens (primary N) is 1. The number of nitrogens with zero attached hydrogens (tertiary/aromatic N) is 1. The van der Waals surface area contributed by atoms with E-state index in [0.29, 0.717) is 10.9 Å². The summed E-state index contributed by atoms with van der Waals surface area (Å²) < 4.78 is 2.06. The van der Waals surface area contributed by atoms with Gasteiger partial charge < -0.3 is 10.3 Å². The Morgan fingerprint density at radius 3 is 2.38 bits per heavy atom. The molecule has 3 rings (SSSR count). The predicted octanol–water partition coefficient (Wildman–Crippen LogP) is 3.23. The minimum absolute atomic E-state index is 0.0471. The van der Waals surface area contributed by atoms with E-state index >= 15 is 0 Å². The fraction of sp³-hybridized carbons (Fsp3) is 0.0556. The zero-order valence-corrected chi connectivity index (χ0v) is 11.8. The highest BCUT2D eigenvalue weighted by Gasteiger charge is 2.12. The van der Waals surface area contributed by atoms with E-state index in [1.807, 2.05) is 61.5 Å². The molecular formula is C18H16N2O. The summed E-state index contributed by atoms with van der Waals surface area (Å²) in [6.45, 7) is 1.84. The molecule has 0 saturated heterocycles. The van der Waals surface area contributed by atoms with Crippen molar-refractivity contribution in [2.45, 2.75) is 6.92 Å². The zero-order valence-electron chi connectivity index (χ0n) is 11.8. The first kappa shape index (κ1) is 13.2. The summed E-state index contributed by atoms with van der Waals surface area (Å²) in [6, 6.07) is 17.6. The van der Waals surface area contributed by atoms with Crippen LogP contribution < -0.4 is 11.2 Å². The molecule has 0 bridgehead atoms. The number of benzene rings is 2. The number of aromatic nitrogens is 1. The molecule has 0 fully saturated rings. The van der Waals surface area contributed by atoms with E-state index in [0.717, 1.165) is 16.9 Å². The molecule has 0 aliphatic carbocycles. The van der Waals surface area contributed by atoms with Crippen LogP contribution in [0.3, 0.4) is 0 Å². The van der Waals surface area contributed by atoms with E-state index in [1.54, 1.807) is 6.08 Å². The van der Waals surface area contributed by atoms with Crippen LogP contribution in [0.15, 0.2) is 65.6 Å². The van der Waals surface area contributed by atoms with Crippen LogP contribution in [0.2, 0.25) is 0 Å². The van der Waals surface area contributed by atoms with Gasteiger partial charge in [-0.15, -0.1) is 0 Å². The Kier molecular flexibility index (Phi) is 3.32. The van der Waals surface area contributed by atoms with Crippen LogP contribution in [-0.4, -0.2) is 4.57 Å². The lowest BCUT2D eigenvalue weighted by Crippen LogP contribution is -2.15. The second-order valence-corrected chi connectivity index (χ2v) is 4.89. The van der Waals surface area contributed by atoms with Crippen LogP contribution in [0.4, 0.5) is 0 Å². The molecule has 0 radical (unpaired) electrons. The number of hydrogen-bond acceptors (Lipinski definition) is 2. The summed E-state index contributed by atoms with van der Waals surface area (Å²) in [5.74, 6) is 0. The van der Waals surface area contributed by atoms with Gasteiger partial charge in [-0.1, -0.05) is 30.3 Å². The van der Waals surface area contributed by atoms with Crippen molar-refractivity contribution in [3.63, 3.8) is 0 Å². The lowest BCUT2D eigenvalue weighted by molar-refractivity contribution is 1.05. The maximum absolute atomic E-state index is 12.5. The Morgan fingerprint density at radius 2 is 1.67 bits per heavy atom. The molecule has 1 heterocycles. The number of pyridine rings is 1. The topological polar surface area (TPSA) is 48.0 Å². The van der Waals surface area contributed by atoms with Gasteiger partial charge in [-0.05, 0) is 43.5 Å². The highest BCUT2D eigenvalue weighted by Crippen LogP contribution is 2.22. The van der Waals surface area contributed by atoms with Gasteiger partial charge in [0.15, 0.2) is 5.43 Å². The van der Waals surface area contributed by atoms with Gasteiger partial charge >= 0.3 is 0 Å². The molecule has 0 aliphatic heterocycles. The highest BCUT2D eigenvalue weighted by molar-refractivity contribution is 5.83. The first-order valence-corrected chi connectivity index (χ1v) is 6.82. The van der Waals surface area contributed by atoms with Crippen molar-refractivity contribution in [2.75, 3.05) is 0 Å². The van der Waals surface area contributed by atoms with Crippen molar-refractivity contribution in [1.29, 1.82) is 0 Å². The number of rotatable bonds is 2. The SMILES string of the molecule is Cc1c(/C=C\N)n(-c2ccccc2)c2ccccc2c1=O. The van der Waals surface area contributed by atoms with Gasteiger partial charge in [0.05, 0.1) is 11.2 Å². The van der Waals surface area contributed by atoms with E-state index in [2.05, 4.69) is 4.57 Å². The van der Waals surface area contributed by atoms with Crippen molar-refractivity contribution in [3.8, 4) is 5.69 Å². The molecule has 3 nitrogen and oxygen atoms in total. The number of para-hydroxylation sites is 2. The van der Waals surface area contributed by atoms with Crippen LogP contribution in [-0.2, 0) is 0 Å². The van der Waals surface area contributed by atoms with Crippen LogP contribution in [0, 0.1) is 6.92 Å². The highest BCUT2D eigenvalue weighted by atomic mass is 16.1. The van der Waals surface area contributed by atoms with Gasteiger partial charge in [0.25, 0.3) is 0 Å². The molecule has 1 aromatic heterocycles. The molecule has 0 spiro atoms. The maximum Gasteiger partial charge on any atom is 0.192 e. The summed E-state index contributed by atoms with van der Waals surface area (Å²) in [7, 11) is 0. The quantitative estimate of drug-likeness (QED) is 0.781. The molecule has 21 heavy (non-hydrogen) atoms. The fourth-order valence-corrected chi connectivity index (χ4v) is 2.62. The van der Waals surface area contributed by atoms with Gasteiger partial charge in [0.2, 0.25) is 0 Å². The normalized spacial score (nSPS) is 11.3. The summed E-state index contributed by atoms with van der Waals surface area (Å²) in [5.41, 5.74) is 9.01. The maximum atomic E-state index is 12.5. The molecule has 2 N–H and O–H groups in total. The third-order valence-corrected chi connectivity index (χ3v) is 3.62. The van der Waals surface area contributed by atoms with E-state index in [4.69, 9.17) is 5.73 Å². The lowest BCUT2D eigenvalue weighted by Gasteiger charge is -2.17. The first-order valence-electron chi connectivity index (χ1n) is 6.82. The van der Waals surface area contributed by atoms with Crippen LogP contribution in [0.5, 0.6) is 0 Å². The fourth-order valence-electron chi connectivity index (χ4n) is 2.62. The van der Waals surface area contributed by atoms with Crippen LogP contribution in [0.25, 0.3) is 22.7 Å². The largest absolute Gasteiger partial charge is 0.405 e. The summed E-state index contributed by atoms with van der Waals surface area (Å²) >= 11 is 0. The summed E-state index contributed by atoms with van der Waals surface area (Å²) in [4.78, 5) is 12.5. The number of fused-ring (bicyclic) bond motifs is 1. The van der Waals surface area contributed by atoms with Gasteiger partial charge in [-0.25, -0.2) is 0 Å². The summed E-state index contributed by atoms with van der Waals surface area (Å²) in [5, 5.41) is 0.716. The summed E-state index contributed by atoms with van der Waals surface area (Å²) in [6.07, 6.45) is 3.24. The van der Waals surface area contributed by atoms with Crippen molar-refractivity contribution in [3.05, 3.63) is 82.3 Å². The molecule has 0 aliphatic rings. The van der Waals surface area contributed by atoms with Crippen molar-refractivity contribution in [2.24, 2.45) is 5.73 Å². The third-order valence-electron chi connectivity index (χ3n) is 3.62. The molecule has 3 heteroatoms. The molecule has 2 aromatic carbocycles. The van der Waals surface area contributed by atoms with Crippen molar-refractivity contribution < 1.29 is 0 Å². The minimum Gasteiger partial charge on any atom is -0.405 e. The van der Waals surface area contributed by atoms with Crippen LogP contribution >= 0.6 is 0 Å². The Labute approximate surface area is 123 Å². The molecule has 0 unspecified atom stereocenters. The standard InChI is InChI=1S/C18H16N2O/c1-13-16(11-12-19)20(14-7-3-2-4-8-14)17-10-6-5-9-15(17)18(13)21/h2-12H,19H2,1H3/b12-11-. The van der Waals surface area contributed by atoms with E-state index in [9.17, 15) is 4.79 Å². The predicted molar refractivity (Wildman–Crippen MR) is 87.5 cm³/mol. The van der Waals surface area contributed by atoms with Crippen LogP contribution in [0.1, 0.15) is 11.3 Å². The molecular weight excluding hydrogens is 260 g/mol. The van der Waals surface area contributed by atoms with Crippen molar-refractivity contribution >= 4 is 17.0 Å². The molecule has 3 aromatic rings. The second kappa shape index (κ2) is 5.29. The zero-order chi connectivity index (χ0) is 14.8. The van der Waals surface area contributed by atoms with E-state index in [1.165, 1.54) is 6.20 Å². The minimum atomic E-state index is 0.0471.